The van der Waals surface area contributed by atoms with Crippen LogP contribution in [0.25, 0.3) is 0 Å². The molecule has 1 rings (SSSR count). The fourth-order valence-corrected chi connectivity index (χ4v) is 1.85. The molecule has 0 saturated carbocycles. The van der Waals surface area contributed by atoms with E-state index in [0.717, 1.165) is 6.54 Å². The van der Waals surface area contributed by atoms with Crippen molar-refractivity contribution < 1.29 is 4.79 Å². The molecule has 0 radical (unpaired) electrons. The molecule has 0 aliphatic heterocycles. The number of aromatic nitrogens is 2. The largest absolute Gasteiger partial charge is 0.351 e. The van der Waals surface area contributed by atoms with E-state index in [2.05, 4.69) is 36.4 Å². The molecule has 0 bridgehead atoms. The summed E-state index contributed by atoms with van der Waals surface area (Å²) in [6.45, 7) is 9.77. The van der Waals surface area contributed by atoms with Crippen LogP contribution in [-0.2, 0) is 11.3 Å². The quantitative estimate of drug-likeness (QED) is 0.815. The Labute approximate surface area is 115 Å². The number of hydrogen-bond donors (Lipinski definition) is 2. The van der Waals surface area contributed by atoms with E-state index in [0.29, 0.717) is 6.54 Å². The van der Waals surface area contributed by atoms with Crippen LogP contribution in [0.15, 0.2) is 18.7 Å². The van der Waals surface area contributed by atoms with E-state index in [1.54, 1.807) is 12.5 Å². The smallest absolute Gasteiger partial charge is 0.224 e. The summed E-state index contributed by atoms with van der Waals surface area (Å²) in [5.41, 5.74) is -0.000701. The average molecular weight is 266 g/mol. The molecule has 1 heterocycles. The van der Waals surface area contributed by atoms with Crippen LogP contribution >= 0.6 is 0 Å². The van der Waals surface area contributed by atoms with Gasteiger partial charge in [-0.1, -0.05) is 27.7 Å². The Morgan fingerprint density at radius 3 is 2.58 bits per heavy atom. The summed E-state index contributed by atoms with van der Waals surface area (Å²) in [7, 11) is 1.86. The predicted molar refractivity (Wildman–Crippen MR) is 76.7 cm³/mol. The molecule has 0 saturated heterocycles. The van der Waals surface area contributed by atoms with E-state index >= 15 is 0 Å². The number of hydrogen-bond acceptors (Lipinski definition) is 3. The maximum Gasteiger partial charge on any atom is 0.224 e. The van der Waals surface area contributed by atoms with Crippen LogP contribution in [0.1, 0.15) is 27.7 Å². The topological polar surface area (TPSA) is 59.0 Å². The molecule has 0 spiro atoms. The molecule has 5 nitrogen and oxygen atoms in total. The molecule has 2 atom stereocenters. The number of rotatable bonds is 6. The Morgan fingerprint density at radius 2 is 2.11 bits per heavy atom. The molecule has 1 aromatic heterocycles. The third kappa shape index (κ3) is 5.03. The first kappa shape index (κ1) is 15.7. The van der Waals surface area contributed by atoms with Gasteiger partial charge in [0.2, 0.25) is 5.91 Å². The summed E-state index contributed by atoms with van der Waals surface area (Å²) in [5.74, 6) is 0.0621. The summed E-state index contributed by atoms with van der Waals surface area (Å²) in [5, 5.41) is 6.18. The fraction of sp³-hybridized carbons (Fsp3) is 0.714. The zero-order valence-corrected chi connectivity index (χ0v) is 12.6. The maximum atomic E-state index is 12.1. The van der Waals surface area contributed by atoms with E-state index < -0.39 is 0 Å². The van der Waals surface area contributed by atoms with Crippen molar-refractivity contribution in [1.82, 2.24) is 20.2 Å². The lowest BCUT2D eigenvalue weighted by Crippen LogP contribution is -2.49. The molecule has 1 aromatic rings. The summed E-state index contributed by atoms with van der Waals surface area (Å²) >= 11 is 0. The van der Waals surface area contributed by atoms with Crippen molar-refractivity contribution in [1.29, 1.82) is 0 Å². The Morgan fingerprint density at radius 1 is 1.42 bits per heavy atom. The van der Waals surface area contributed by atoms with Crippen molar-refractivity contribution in [3.8, 4) is 0 Å². The summed E-state index contributed by atoms with van der Waals surface area (Å²) in [6.07, 6.45) is 5.45. The van der Waals surface area contributed by atoms with Gasteiger partial charge >= 0.3 is 0 Å². The van der Waals surface area contributed by atoms with Crippen molar-refractivity contribution in [2.75, 3.05) is 13.6 Å². The number of nitrogens with one attached hydrogen (secondary N) is 2. The Hall–Kier alpha value is -1.36. The highest BCUT2D eigenvalue weighted by Crippen LogP contribution is 2.21. The third-order valence-electron chi connectivity index (χ3n) is 3.27. The van der Waals surface area contributed by atoms with Gasteiger partial charge < -0.3 is 15.2 Å². The fourth-order valence-electron chi connectivity index (χ4n) is 1.85. The van der Waals surface area contributed by atoms with Crippen LogP contribution < -0.4 is 10.6 Å². The van der Waals surface area contributed by atoms with Crippen LogP contribution in [0.5, 0.6) is 0 Å². The molecule has 108 valence electrons. The van der Waals surface area contributed by atoms with Gasteiger partial charge in [0.15, 0.2) is 0 Å². The lowest BCUT2D eigenvalue weighted by molar-refractivity contribution is -0.126. The molecule has 2 unspecified atom stereocenters. The SMILES string of the molecule is CNCC(C)C(=O)NC(Cn1ccnc1)C(C)(C)C. The highest BCUT2D eigenvalue weighted by molar-refractivity contribution is 5.78. The van der Waals surface area contributed by atoms with Gasteiger partial charge in [-0.2, -0.15) is 0 Å². The van der Waals surface area contributed by atoms with Crippen LogP contribution in [0, 0.1) is 11.3 Å². The minimum absolute atomic E-state index is 0.000701. The van der Waals surface area contributed by atoms with E-state index in [-0.39, 0.29) is 23.3 Å². The normalized spacial score (nSPS) is 15.0. The number of imidazole rings is 1. The van der Waals surface area contributed by atoms with Gasteiger partial charge in [-0.05, 0) is 12.5 Å². The average Bonchev–Trinajstić information content (AvgIpc) is 2.80. The van der Waals surface area contributed by atoms with Crippen LogP contribution in [0.3, 0.4) is 0 Å². The van der Waals surface area contributed by atoms with Crippen LogP contribution in [-0.4, -0.2) is 35.1 Å². The zero-order chi connectivity index (χ0) is 14.5. The zero-order valence-electron chi connectivity index (χ0n) is 12.6. The van der Waals surface area contributed by atoms with Gasteiger partial charge in [-0.25, -0.2) is 4.98 Å². The molecular formula is C14H26N4O. The molecule has 5 heteroatoms. The maximum absolute atomic E-state index is 12.1. The van der Waals surface area contributed by atoms with Gasteiger partial charge in [0.05, 0.1) is 12.4 Å². The lowest BCUT2D eigenvalue weighted by Gasteiger charge is -2.32. The summed E-state index contributed by atoms with van der Waals surface area (Å²) < 4.78 is 2.00. The van der Waals surface area contributed by atoms with Gasteiger partial charge in [0.25, 0.3) is 0 Å². The first-order chi connectivity index (χ1) is 8.84. The second kappa shape index (κ2) is 6.70. The monoisotopic (exact) mass is 266 g/mol. The standard InChI is InChI=1S/C14H26N4O/c1-11(8-15-5)13(19)17-12(14(2,3)4)9-18-7-6-16-10-18/h6-7,10-12,15H,8-9H2,1-5H3,(H,17,19). The van der Waals surface area contributed by atoms with Gasteiger partial charge in [0, 0.05) is 31.4 Å². The van der Waals surface area contributed by atoms with Crippen molar-refractivity contribution in [2.45, 2.75) is 40.3 Å². The Kier molecular flexibility index (Phi) is 5.54. The molecule has 0 aliphatic carbocycles. The molecule has 1 amide bonds. The number of nitrogens with zero attached hydrogens (tertiary/aromatic N) is 2. The Bertz CT molecular complexity index is 381. The predicted octanol–water partition coefficient (Wildman–Crippen LogP) is 1.27. The molecule has 2 N–H and O–H groups in total. The van der Waals surface area contributed by atoms with Crippen molar-refractivity contribution in [3.05, 3.63) is 18.7 Å². The van der Waals surface area contributed by atoms with Crippen molar-refractivity contribution in [3.63, 3.8) is 0 Å². The molecule has 0 aromatic carbocycles. The summed E-state index contributed by atoms with van der Waals surface area (Å²) in [4.78, 5) is 16.2. The first-order valence-electron chi connectivity index (χ1n) is 6.75. The van der Waals surface area contributed by atoms with Gasteiger partial charge in [-0.15, -0.1) is 0 Å². The molecule has 0 aliphatic rings. The first-order valence-corrected chi connectivity index (χ1v) is 6.75. The van der Waals surface area contributed by atoms with Crippen molar-refractivity contribution >= 4 is 5.91 Å². The summed E-state index contributed by atoms with van der Waals surface area (Å²) in [6, 6.07) is 0.0773. The van der Waals surface area contributed by atoms with Crippen molar-refractivity contribution in [2.24, 2.45) is 11.3 Å². The van der Waals surface area contributed by atoms with E-state index in [1.165, 1.54) is 0 Å². The second-order valence-corrected chi connectivity index (χ2v) is 6.15. The number of amides is 1. The van der Waals surface area contributed by atoms with E-state index in [4.69, 9.17) is 0 Å². The minimum Gasteiger partial charge on any atom is -0.351 e. The van der Waals surface area contributed by atoms with Gasteiger partial charge in [0.1, 0.15) is 0 Å². The Balaban J connectivity index is 2.68. The van der Waals surface area contributed by atoms with E-state index in [1.807, 2.05) is 24.7 Å². The molecule has 19 heavy (non-hydrogen) atoms. The van der Waals surface area contributed by atoms with Crippen LogP contribution in [0.2, 0.25) is 0 Å². The lowest BCUT2D eigenvalue weighted by atomic mass is 9.86. The molecule has 0 fully saturated rings. The van der Waals surface area contributed by atoms with E-state index in [9.17, 15) is 4.79 Å². The number of carbonyl (C=O) groups is 1. The highest BCUT2D eigenvalue weighted by Gasteiger charge is 2.27. The molecular weight excluding hydrogens is 240 g/mol. The highest BCUT2D eigenvalue weighted by atomic mass is 16.2. The van der Waals surface area contributed by atoms with Crippen LogP contribution in [0.4, 0.5) is 0 Å². The second-order valence-electron chi connectivity index (χ2n) is 6.15. The minimum atomic E-state index is -0.0300. The van der Waals surface area contributed by atoms with Gasteiger partial charge in [-0.3, -0.25) is 4.79 Å². The number of carbonyl (C=O) groups excluding carboxylic acids is 1. The third-order valence-corrected chi connectivity index (χ3v) is 3.27.